The normalized spacial score (nSPS) is 26.1. The van der Waals surface area contributed by atoms with Crippen molar-refractivity contribution < 1.29 is 4.74 Å². The average molecular weight is 155 g/mol. The van der Waals surface area contributed by atoms with Crippen molar-refractivity contribution >= 4 is 0 Å². The third kappa shape index (κ3) is 3.54. The summed E-state index contributed by atoms with van der Waals surface area (Å²) in [5.41, 5.74) is 0. The summed E-state index contributed by atoms with van der Waals surface area (Å²) in [6.45, 7) is 3.07. The van der Waals surface area contributed by atoms with E-state index in [0.717, 1.165) is 19.1 Å². The van der Waals surface area contributed by atoms with E-state index in [9.17, 15) is 0 Å². The molecular weight excluding hydrogens is 138 g/mol. The van der Waals surface area contributed by atoms with Crippen LogP contribution in [-0.4, -0.2) is 26.8 Å². The Balaban J connectivity index is 2.13. The van der Waals surface area contributed by atoms with E-state index in [0.29, 0.717) is 0 Å². The van der Waals surface area contributed by atoms with E-state index in [-0.39, 0.29) is 0 Å². The van der Waals surface area contributed by atoms with Gasteiger partial charge in [-0.3, -0.25) is 0 Å². The second-order valence-electron chi connectivity index (χ2n) is 2.99. The third-order valence-corrected chi connectivity index (χ3v) is 2.01. The Bertz CT molecular complexity index is 117. The standard InChI is InChI=1S/C9H17NO/c1-11-7-3-5-9-4-2-6-10-8-9/h3,5,9-10H,2,4,6-8H2,1H3/b5-3+. The van der Waals surface area contributed by atoms with Gasteiger partial charge in [0.2, 0.25) is 0 Å². The Hall–Kier alpha value is -0.340. The van der Waals surface area contributed by atoms with E-state index in [1.165, 1.54) is 19.4 Å². The van der Waals surface area contributed by atoms with E-state index in [1.54, 1.807) is 7.11 Å². The van der Waals surface area contributed by atoms with Crippen molar-refractivity contribution in [2.75, 3.05) is 26.8 Å². The largest absolute Gasteiger partial charge is 0.381 e. The maximum absolute atomic E-state index is 4.93. The van der Waals surface area contributed by atoms with Crippen LogP contribution in [-0.2, 0) is 4.74 Å². The minimum atomic E-state index is 0.735. The van der Waals surface area contributed by atoms with Crippen LogP contribution in [0.5, 0.6) is 0 Å². The van der Waals surface area contributed by atoms with Crippen molar-refractivity contribution in [2.45, 2.75) is 12.8 Å². The maximum atomic E-state index is 4.93. The number of hydrogen-bond donors (Lipinski definition) is 1. The number of rotatable bonds is 3. The van der Waals surface area contributed by atoms with Crippen LogP contribution in [0, 0.1) is 5.92 Å². The maximum Gasteiger partial charge on any atom is 0.0643 e. The van der Waals surface area contributed by atoms with Crippen molar-refractivity contribution in [1.29, 1.82) is 0 Å². The SMILES string of the molecule is COC/C=C/C1CCCNC1. The zero-order chi connectivity index (χ0) is 7.94. The third-order valence-electron chi connectivity index (χ3n) is 2.01. The molecule has 1 fully saturated rings. The molecule has 0 bridgehead atoms. The highest BCUT2D eigenvalue weighted by atomic mass is 16.5. The van der Waals surface area contributed by atoms with Crippen LogP contribution in [0.4, 0.5) is 0 Å². The van der Waals surface area contributed by atoms with E-state index in [2.05, 4.69) is 17.5 Å². The Morgan fingerprint density at radius 2 is 2.55 bits per heavy atom. The van der Waals surface area contributed by atoms with Crippen molar-refractivity contribution in [3.8, 4) is 0 Å². The summed E-state index contributed by atoms with van der Waals surface area (Å²) in [6, 6.07) is 0. The highest BCUT2D eigenvalue weighted by molar-refractivity contribution is 4.91. The number of hydrogen-bond acceptors (Lipinski definition) is 2. The quantitative estimate of drug-likeness (QED) is 0.618. The molecule has 1 heterocycles. The number of ether oxygens (including phenoxy) is 1. The Labute approximate surface area is 68.6 Å². The first kappa shape index (κ1) is 8.75. The van der Waals surface area contributed by atoms with Crippen molar-refractivity contribution in [2.24, 2.45) is 5.92 Å². The fraction of sp³-hybridized carbons (Fsp3) is 0.778. The Kier molecular flexibility index (Phi) is 4.24. The molecule has 0 aromatic carbocycles. The molecule has 2 heteroatoms. The van der Waals surface area contributed by atoms with E-state index in [4.69, 9.17) is 4.74 Å². The molecule has 1 unspecified atom stereocenters. The molecule has 1 N–H and O–H groups in total. The molecule has 1 aliphatic rings. The van der Waals surface area contributed by atoms with Crippen LogP contribution in [0.2, 0.25) is 0 Å². The van der Waals surface area contributed by atoms with Gasteiger partial charge in [0.05, 0.1) is 6.61 Å². The van der Waals surface area contributed by atoms with Gasteiger partial charge in [0.1, 0.15) is 0 Å². The van der Waals surface area contributed by atoms with Crippen molar-refractivity contribution in [3.63, 3.8) is 0 Å². The number of methoxy groups -OCH3 is 1. The van der Waals surface area contributed by atoms with Crippen molar-refractivity contribution in [3.05, 3.63) is 12.2 Å². The van der Waals surface area contributed by atoms with Gasteiger partial charge in [0.15, 0.2) is 0 Å². The van der Waals surface area contributed by atoms with Gasteiger partial charge in [-0.05, 0) is 25.3 Å². The van der Waals surface area contributed by atoms with Crippen LogP contribution in [0.25, 0.3) is 0 Å². The highest BCUT2D eigenvalue weighted by Gasteiger charge is 2.08. The zero-order valence-electron chi connectivity index (χ0n) is 7.18. The Morgan fingerprint density at radius 3 is 3.18 bits per heavy atom. The molecular formula is C9H17NO. The summed E-state index contributed by atoms with van der Waals surface area (Å²) in [6.07, 6.45) is 7.00. The fourth-order valence-electron chi connectivity index (χ4n) is 1.39. The van der Waals surface area contributed by atoms with Crippen LogP contribution in [0.15, 0.2) is 12.2 Å². The number of nitrogens with one attached hydrogen (secondary N) is 1. The van der Waals surface area contributed by atoms with Gasteiger partial charge in [-0.25, -0.2) is 0 Å². The molecule has 2 nitrogen and oxygen atoms in total. The predicted molar refractivity (Wildman–Crippen MR) is 46.6 cm³/mol. The molecule has 0 spiro atoms. The molecule has 1 aliphatic heterocycles. The molecule has 11 heavy (non-hydrogen) atoms. The van der Waals surface area contributed by atoms with E-state index in [1.807, 2.05) is 0 Å². The summed E-state index contributed by atoms with van der Waals surface area (Å²) < 4.78 is 4.93. The second kappa shape index (κ2) is 5.33. The minimum Gasteiger partial charge on any atom is -0.381 e. The molecule has 0 saturated carbocycles. The summed E-state index contributed by atoms with van der Waals surface area (Å²) in [5, 5.41) is 3.37. The summed E-state index contributed by atoms with van der Waals surface area (Å²) in [5.74, 6) is 0.735. The lowest BCUT2D eigenvalue weighted by atomic mass is 9.99. The Morgan fingerprint density at radius 1 is 1.64 bits per heavy atom. The first-order chi connectivity index (χ1) is 5.43. The number of piperidine rings is 1. The van der Waals surface area contributed by atoms with Crippen LogP contribution in [0.1, 0.15) is 12.8 Å². The van der Waals surface area contributed by atoms with E-state index < -0.39 is 0 Å². The second-order valence-corrected chi connectivity index (χ2v) is 2.99. The van der Waals surface area contributed by atoms with Gasteiger partial charge >= 0.3 is 0 Å². The molecule has 1 rings (SSSR count). The molecule has 0 amide bonds. The predicted octanol–water partition coefficient (Wildman–Crippen LogP) is 1.19. The lowest BCUT2D eigenvalue weighted by Crippen LogP contribution is -2.28. The highest BCUT2D eigenvalue weighted by Crippen LogP contribution is 2.10. The molecule has 0 aliphatic carbocycles. The topological polar surface area (TPSA) is 21.3 Å². The van der Waals surface area contributed by atoms with Gasteiger partial charge in [-0.2, -0.15) is 0 Å². The molecule has 0 aromatic rings. The first-order valence-electron chi connectivity index (χ1n) is 4.30. The zero-order valence-corrected chi connectivity index (χ0v) is 7.18. The molecule has 0 radical (unpaired) electrons. The minimum absolute atomic E-state index is 0.735. The molecule has 1 saturated heterocycles. The molecule has 1 atom stereocenters. The van der Waals surface area contributed by atoms with Crippen LogP contribution >= 0.6 is 0 Å². The fourth-order valence-corrected chi connectivity index (χ4v) is 1.39. The first-order valence-corrected chi connectivity index (χ1v) is 4.30. The lowest BCUT2D eigenvalue weighted by molar-refractivity contribution is 0.233. The van der Waals surface area contributed by atoms with E-state index >= 15 is 0 Å². The smallest absolute Gasteiger partial charge is 0.0643 e. The van der Waals surface area contributed by atoms with Gasteiger partial charge in [0.25, 0.3) is 0 Å². The van der Waals surface area contributed by atoms with Gasteiger partial charge < -0.3 is 10.1 Å². The van der Waals surface area contributed by atoms with Gasteiger partial charge in [-0.1, -0.05) is 12.2 Å². The summed E-state index contributed by atoms with van der Waals surface area (Å²) in [4.78, 5) is 0. The molecule has 64 valence electrons. The van der Waals surface area contributed by atoms with Crippen LogP contribution in [0.3, 0.4) is 0 Å². The van der Waals surface area contributed by atoms with Gasteiger partial charge in [0, 0.05) is 13.7 Å². The average Bonchev–Trinajstić information content (AvgIpc) is 2.07. The lowest BCUT2D eigenvalue weighted by Gasteiger charge is -2.19. The van der Waals surface area contributed by atoms with Crippen molar-refractivity contribution in [1.82, 2.24) is 5.32 Å². The molecule has 0 aromatic heterocycles. The summed E-state index contributed by atoms with van der Waals surface area (Å²) in [7, 11) is 1.73. The summed E-state index contributed by atoms with van der Waals surface area (Å²) >= 11 is 0. The van der Waals surface area contributed by atoms with Gasteiger partial charge in [-0.15, -0.1) is 0 Å². The van der Waals surface area contributed by atoms with Crippen LogP contribution < -0.4 is 5.32 Å². The monoisotopic (exact) mass is 155 g/mol.